The van der Waals surface area contributed by atoms with E-state index in [-0.39, 0.29) is 42.4 Å². The van der Waals surface area contributed by atoms with Gasteiger partial charge in [0, 0.05) is 37.8 Å². The van der Waals surface area contributed by atoms with Crippen LogP contribution in [0, 0.1) is 5.92 Å². The van der Waals surface area contributed by atoms with Crippen LogP contribution in [0.3, 0.4) is 0 Å². The fraction of sp³-hybridized carbons (Fsp3) is 0.600. The Balaban J connectivity index is 0.00000200. The van der Waals surface area contributed by atoms with Crippen LogP contribution in [0.2, 0.25) is 0 Å². The van der Waals surface area contributed by atoms with Crippen molar-refractivity contribution in [3.05, 3.63) is 23.8 Å². The molecule has 0 spiro atoms. The lowest BCUT2D eigenvalue weighted by Crippen LogP contribution is -2.45. The Morgan fingerprint density at radius 2 is 1.76 bits per heavy atom. The van der Waals surface area contributed by atoms with Crippen LogP contribution in [-0.2, 0) is 0 Å². The van der Waals surface area contributed by atoms with Crippen LogP contribution in [0.5, 0.6) is 11.5 Å². The van der Waals surface area contributed by atoms with Crippen molar-refractivity contribution in [1.29, 1.82) is 0 Å². The Kier molecular flexibility index (Phi) is 9.06. The smallest absolute Gasteiger partial charge is 0.120 e. The fourth-order valence-electron chi connectivity index (χ4n) is 2.72. The van der Waals surface area contributed by atoms with Gasteiger partial charge >= 0.3 is 0 Å². The molecule has 0 bridgehead atoms. The summed E-state index contributed by atoms with van der Waals surface area (Å²) in [7, 11) is 0. The zero-order valence-corrected chi connectivity index (χ0v) is 14.2. The van der Waals surface area contributed by atoms with E-state index in [1.54, 1.807) is 12.1 Å². The Morgan fingerprint density at radius 1 is 1.14 bits per heavy atom. The van der Waals surface area contributed by atoms with Crippen molar-refractivity contribution in [2.24, 2.45) is 5.92 Å². The molecule has 122 valence electrons. The minimum absolute atomic E-state index is 0. The van der Waals surface area contributed by atoms with Crippen molar-refractivity contribution in [3.63, 3.8) is 0 Å². The number of halogens is 2. The third-order valence-corrected chi connectivity index (χ3v) is 3.66. The first-order valence-corrected chi connectivity index (χ1v) is 7.04. The van der Waals surface area contributed by atoms with E-state index in [0.29, 0.717) is 5.92 Å². The molecule has 0 saturated carbocycles. The van der Waals surface area contributed by atoms with Gasteiger partial charge in [0.15, 0.2) is 0 Å². The second kappa shape index (κ2) is 9.36. The highest BCUT2D eigenvalue weighted by Crippen LogP contribution is 2.35. The van der Waals surface area contributed by atoms with Crippen LogP contribution in [0.25, 0.3) is 0 Å². The Morgan fingerprint density at radius 3 is 2.33 bits per heavy atom. The van der Waals surface area contributed by atoms with Gasteiger partial charge in [-0.15, -0.1) is 24.8 Å². The lowest BCUT2D eigenvalue weighted by molar-refractivity contribution is 0.151. The van der Waals surface area contributed by atoms with Crippen molar-refractivity contribution in [2.45, 2.75) is 26.3 Å². The highest BCUT2D eigenvalue weighted by molar-refractivity contribution is 5.85. The first-order chi connectivity index (χ1) is 9.08. The molecule has 2 rings (SSSR count). The number of hydrogen-bond acceptors (Lipinski definition) is 4. The number of benzene rings is 1. The maximum atomic E-state index is 10.1. The Labute approximate surface area is 139 Å². The monoisotopic (exact) mass is 336 g/mol. The minimum Gasteiger partial charge on any atom is -0.508 e. The molecule has 0 amide bonds. The summed E-state index contributed by atoms with van der Waals surface area (Å²) in [5.74, 6) is 1.04. The molecule has 4 nitrogen and oxygen atoms in total. The lowest BCUT2D eigenvalue weighted by Gasteiger charge is -2.36. The number of aromatic hydroxyl groups is 2. The number of piperazine rings is 1. The molecule has 1 aliphatic rings. The molecule has 3 N–H and O–H groups in total. The molecule has 6 heteroatoms. The quantitative estimate of drug-likeness (QED) is 0.740. The molecule has 1 heterocycles. The SMILES string of the molecule is CC(C)C[C@H](c1cc(O)ccc1O)N1CCNCC1.Cl.Cl. The lowest BCUT2D eigenvalue weighted by atomic mass is 9.94. The Hall–Kier alpha value is -0.680. The predicted octanol–water partition coefficient (Wildman–Crippen LogP) is 2.93. The van der Waals surface area contributed by atoms with E-state index in [1.807, 2.05) is 0 Å². The van der Waals surface area contributed by atoms with Gasteiger partial charge in [-0.2, -0.15) is 0 Å². The van der Waals surface area contributed by atoms with E-state index >= 15 is 0 Å². The average molecular weight is 337 g/mol. The first-order valence-electron chi connectivity index (χ1n) is 7.04. The third kappa shape index (κ3) is 5.55. The maximum absolute atomic E-state index is 10.1. The van der Waals surface area contributed by atoms with Crippen molar-refractivity contribution in [2.75, 3.05) is 26.2 Å². The molecular weight excluding hydrogens is 311 g/mol. The van der Waals surface area contributed by atoms with Gasteiger partial charge < -0.3 is 15.5 Å². The third-order valence-electron chi connectivity index (χ3n) is 3.66. The normalized spacial score (nSPS) is 16.9. The number of phenolic OH excluding ortho intramolecular Hbond substituents is 2. The Bertz CT molecular complexity index is 424. The minimum atomic E-state index is 0. The second-order valence-corrected chi connectivity index (χ2v) is 5.67. The molecule has 1 aliphatic heterocycles. The van der Waals surface area contributed by atoms with Gasteiger partial charge in [0.2, 0.25) is 0 Å². The standard InChI is InChI=1S/C15H24N2O2.2ClH/c1-11(2)9-14(17-7-5-16-6-8-17)13-10-12(18)3-4-15(13)19;;/h3-4,10-11,14,16,18-19H,5-9H2,1-2H3;2*1H/t14-;;/m1../s1. The number of nitrogens with one attached hydrogen (secondary N) is 1. The molecule has 1 aromatic rings. The zero-order valence-electron chi connectivity index (χ0n) is 12.6. The van der Waals surface area contributed by atoms with Crippen LogP contribution in [0.4, 0.5) is 0 Å². The van der Waals surface area contributed by atoms with E-state index in [0.717, 1.165) is 38.2 Å². The summed E-state index contributed by atoms with van der Waals surface area (Å²) in [4.78, 5) is 2.39. The van der Waals surface area contributed by atoms with Gasteiger partial charge in [-0.3, -0.25) is 4.90 Å². The number of nitrogens with zero attached hydrogens (tertiary/aromatic N) is 1. The highest BCUT2D eigenvalue weighted by Gasteiger charge is 2.25. The molecule has 0 unspecified atom stereocenters. The first kappa shape index (κ1) is 20.3. The molecule has 0 aromatic heterocycles. The van der Waals surface area contributed by atoms with Gasteiger partial charge in [-0.1, -0.05) is 13.8 Å². The molecule has 21 heavy (non-hydrogen) atoms. The van der Waals surface area contributed by atoms with Gasteiger partial charge in [0.1, 0.15) is 11.5 Å². The second-order valence-electron chi connectivity index (χ2n) is 5.67. The van der Waals surface area contributed by atoms with Crippen LogP contribution in [0.1, 0.15) is 31.9 Å². The van der Waals surface area contributed by atoms with Crippen LogP contribution in [0.15, 0.2) is 18.2 Å². The van der Waals surface area contributed by atoms with E-state index in [2.05, 4.69) is 24.1 Å². The van der Waals surface area contributed by atoms with E-state index in [4.69, 9.17) is 0 Å². The summed E-state index contributed by atoms with van der Waals surface area (Å²) in [5.41, 5.74) is 0.843. The summed E-state index contributed by atoms with van der Waals surface area (Å²) in [5, 5.41) is 23.1. The van der Waals surface area contributed by atoms with Crippen LogP contribution < -0.4 is 5.32 Å². The van der Waals surface area contributed by atoms with E-state index in [1.165, 1.54) is 6.07 Å². The van der Waals surface area contributed by atoms with Gasteiger partial charge in [-0.25, -0.2) is 0 Å². The van der Waals surface area contributed by atoms with Gasteiger partial charge in [-0.05, 0) is 30.5 Å². The average Bonchev–Trinajstić information content (AvgIpc) is 2.40. The fourth-order valence-corrected chi connectivity index (χ4v) is 2.72. The number of hydrogen-bond donors (Lipinski definition) is 3. The van der Waals surface area contributed by atoms with Crippen LogP contribution >= 0.6 is 24.8 Å². The van der Waals surface area contributed by atoms with Crippen LogP contribution in [-0.4, -0.2) is 41.3 Å². The number of phenols is 2. The maximum Gasteiger partial charge on any atom is 0.120 e. The van der Waals surface area contributed by atoms with Crippen molar-refractivity contribution in [3.8, 4) is 11.5 Å². The molecule has 1 saturated heterocycles. The molecular formula is C15H26Cl2N2O2. The highest BCUT2D eigenvalue weighted by atomic mass is 35.5. The van der Waals surface area contributed by atoms with Crippen molar-refractivity contribution < 1.29 is 10.2 Å². The zero-order chi connectivity index (χ0) is 13.8. The summed E-state index contributed by atoms with van der Waals surface area (Å²) in [6, 6.07) is 4.99. The molecule has 1 atom stereocenters. The molecule has 1 fully saturated rings. The topological polar surface area (TPSA) is 55.7 Å². The summed E-state index contributed by atoms with van der Waals surface area (Å²) in [6.07, 6.45) is 0.983. The molecule has 0 aliphatic carbocycles. The van der Waals surface area contributed by atoms with E-state index in [9.17, 15) is 10.2 Å². The summed E-state index contributed by atoms with van der Waals surface area (Å²) < 4.78 is 0. The largest absolute Gasteiger partial charge is 0.508 e. The van der Waals surface area contributed by atoms with Crippen molar-refractivity contribution >= 4 is 24.8 Å². The van der Waals surface area contributed by atoms with Gasteiger partial charge in [0.25, 0.3) is 0 Å². The van der Waals surface area contributed by atoms with Gasteiger partial charge in [0.05, 0.1) is 0 Å². The molecule has 0 radical (unpaired) electrons. The van der Waals surface area contributed by atoms with E-state index < -0.39 is 0 Å². The number of rotatable bonds is 4. The predicted molar refractivity (Wildman–Crippen MR) is 90.9 cm³/mol. The van der Waals surface area contributed by atoms with Crippen molar-refractivity contribution in [1.82, 2.24) is 10.2 Å². The summed E-state index contributed by atoms with van der Waals surface area (Å²) in [6.45, 7) is 8.30. The summed E-state index contributed by atoms with van der Waals surface area (Å²) >= 11 is 0. The molecule has 1 aromatic carbocycles.